The molecule has 9 N–H and O–H groups in total. The Balaban J connectivity index is 1.21. The molecule has 4 aliphatic heterocycles. The van der Waals surface area contributed by atoms with E-state index in [0.29, 0.717) is 61.8 Å². The molecule has 11 rings (SSSR count). The first-order valence-electron chi connectivity index (χ1n) is 20.2. The fourth-order valence-corrected chi connectivity index (χ4v) is 10.1. The van der Waals surface area contributed by atoms with Crippen LogP contribution in [0, 0.1) is 0 Å². The zero-order valence-corrected chi connectivity index (χ0v) is 32.5. The standard InChI is InChI=1S/C48H40O14/c49-19-35-42(55)43(56)44(57)48(62-35)58-28-17-31-38-34(18-28)61-46(21-3-9-24(51)10-4-21)40(38)29-13-26(53)15-32-36(29)39(45(59-32)20-1-7-23(50)8-2-20)30-14-27(54)16-33-37(30)41(31)47(60-33)22-5-11-25(52)12-6-22/h1-18,35,39-57H,19H2/t35-,39-,40+,41-,42-,43+,44-,45+,46-,47+,48-/m0/s1. The molecule has 0 aromatic heterocycles. The number of aromatic hydroxyl groups is 5. The Bertz CT molecular complexity index is 2670. The predicted molar refractivity (Wildman–Crippen MR) is 217 cm³/mol. The number of benzene rings is 6. The van der Waals surface area contributed by atoms with Crippen molar-refractivity contribution in [2.24, 2.45) is 0 Å². The van der Waals surface area contributed by atoms with Crippen LogP contribution in [0.25, 0.3) is 0 Å². The summed E-state index contributed by atoms with van der Waals surface area (Å²) in [5.74, 6) is -0.752. The molecule has 4 heterocycles. The Morgan fingerprint density at radius 1 is 0.435 bits per heavy atom. The molecule has 14 heteroatoms. The Kier molecular flexibility index (Phi) is 8.76. The molecule has 5 aliphatic rings. The molecule has 14 nitrogen and oxygen atoms in total. The zero-order valence-electron chi connectivity index (χ0n) is 32.5. The van der Waals surface area contributed by atoms with Gasteiger partial charge in [0.05, 0.1) is 24.4 Å². The largest absolute Gasteiger partial charge is 0.508 e. The molecule has 0 spiro atoms. The molecule has 1 fully saturated rings. The first-order valence-corrected chi connectivity index (χ1v) is 20.2. The summed E-state index contributed by atoms with van der Waals surface area (Å²) in [7, 11) is 0. The second-order valence-corrected chi connectivity index (χ2v) is 16.5. The summed E-state index contributed by atoms with van der Waals surface area (Å²) in [6.45, 7) is -0.663. The monoisotopic (exact) mass is 840 g/mol. The van der Waals surface area contributed by atoms with Crippen LogP contribution >= 0.6 is 0 Å². The van der Waals surface area contributed by atoms with Crippen molar-refractivity contribution in [2.45, 2.75) is 66.8 Å². The van der Waals surface area contributed by atoms with Gasteiger partial charge in [-0.2, -0.15) is 0 Å². The van der Waals surface area contributed by atoms with Crippen molar-refractivity contribution in [1.82, 2.24) is 0 Å². The molecule has 0 radical (unpaired) electrons. The van der Waals surface area contributed by atoms with Crippen molar-refractivity contribution >= 4 is 0 Å². The number of fused-ring (bicyclic) bond motifs is 3. The van der Waals surface area contributed by atoms with Gasteiger partial charge in [0, 0.05) is 34.9 Å². The van der Waals surface area contributed by atoms with Crippen molar-refractivity contribution in [1.29, 1.82) is 0 Å². The smallest absolute Gasteiger partial charge is 0.229 e. The normalized spacial score (nSPS) is 28.5. The van der Waals surface area contributed by atoms with Gasteiger partial charge in [0.25, 0.3) is 0 Å². The molecule has 6 aromatic carbocycles. The maximum absolute atomic E-state index is 11.5. The summed E-state index contributed by atoms with van der Waals surface area (Å²) in [5, 5.41) is 96.4. The van der Waals surface area contributed by atoms with Crippen molar-refractivity contribution < 1.29 is 69.6 Å². The van der Waals surface area contributed by atoms with Crippen LogP contribution in [0.4, 0.5) is 0 Å². The Morgan fingerprint density at radius 2 is 0.823 bits per heavy atom. The van der Waals surface area contributed by atoms with Crippen LogP contribution in [0.15, 0.2) is 109 Å². The van der Waals surface area contributed by atoms with Crippen molar-refractivity contribution in [2.75, 3.05) is 6.61 Å². The minimum atomic E-state index is -1.72. The lowest BCUT2D eigenvalue weighted by molar-refractivity contribution is -0.277. The first-order chi connectivity index (χ1) is 29.9. The second kappa shape index (κ2) is 14.2. The predicted octanol–water partition coefficient (Wildman–Crippen LogP) is 5.50. The van der Waals surface area contributed by atoms with Crippen LogP contribution in [0.2, 0.25) is 0 Å². The quantitative estimate of drug-likeness (QED) is 0.101. The van der Waals surface area contributed by atoms with E-state index in [2.05, 4.69) is 0 Å². The average molecular weight is 841 g/mol. The summed E-state index contributed by atoms with van der Waals surface area (Å²) >= 11 is 0. The lowest BCUT2D eigenvalue weighted by Crippen LogP contribution is -2.60. The molecule has 316 valence electrons. The third-order valence-electron chi connectivity index (χ3n) is 12.8. The van der Waals surface area contributed by atoms with Crippen LogP contribution < -0.4 is 18.9 Å². The maximum atomic E-state index is 11.5. The van der Waals surface area contributed by atoms with Crippen LogP contribution in [0.5, 0.6) is 51.7 Å². The van der Waals surface area contributed by atoms with Gasteiger partial charge in [-0.25, -0.2) is 0 Å². The number of rotatable bonds is 6. The summed E-state index contributed by atoms with van der Waals surface area (Å²) < 4.78 is 32.8. The van der Waals surface area contributed by atoms with E-state index in [1.807, 2.05) is 0 Å². The molecule has 0 bridgehead atoms. The van der Waals surface area contributed by atoms with E-state index in [4.69, 9.17) is 23.7 Å². The van der Waals surface area contributed by atoms with Crippen LogP contribution in [0.3, 0.4) is 0 Å². The molecule has 62 heavy (non-hydrogen) atoms. The van der Waals surface area contributed by atoms with Crippen LogP contribution in [-0.4, -0.2) is 83.3 Å². The van der Waals surface area contributed by atoms with Crippen molar-refractivity contribution in [3.05, 3.63) is 159 Å². The number of hydrogen-bond acceptors (Lipinski definition) is 14. The highest BCUT2D eigenvalue weighted by atomic mass is 16.7. The Hall–Kier alpha value is -6.68. The van der Waals surface area contributed by atoms with Crippen molar-refractivity contribution in [3.63, 3.8) is 0 Å². The van der Waals surface area contributed by atoms with E-state index in [0.717, 1.165) is 5.56 Å². The van der Waals surface area contributed by atoms with Gasteiger partial charge in [0.15, 0.2) is 0 Å². The van der Waals surface area contributed by atoms with Gasteiger partial charge in [-0.15, -0.1) is 0 Å². The van der Waals surface area contributed by atoms with Crippen LogP contribution in [0.1, 0.15) is 86.1 Å². The van der Waals surface area contributed by atoms with Gasteiger partial charge in [-0.1, -0.05) is 36.4 Å². The molecule has 11 atom stereocenters. The van der Waals surface area contributed by atoms with E-state index >= 15 is 0 Å². The fraction of sp³-hybridized carbons (Fsp3) is 0.250. The van der Waals surface area contributed by atoms with Gasteiger partial charge in [0.1, 0.15) is 94.5 Å². The lowest BCUT2D eigenvalue weighted by atomic mass is 9.76. The fourth-order valence-electron chi connectivity index (χ4n) is 10.1. The topological polar surface area (TPSA) is 228 Å². The van der Waals surface area contributed by atoms with E-state index in [1.165, 1.54) is 0 Å². The van der Waals surface area contributed by atoms with E-state index in [9.17, 15) is 46.0 Å². The third kappa shape index (κ3) is 5.90. The molecular formula is C48H40O14. The highest BCUT2D eigenvalue weighted by Gasteiger charge is 2.53. The van der Waals surface area contributed by atoms with E-state index < -0.39 is 73.4 Å². The summed E-state index contributed by atoms with van der Waals surface area (Å²) in [4.78, 5) is 0. The Labute approximate surface area is 353 Å². The Morgan fingerprint density at radius 3 is 1.23 bits per heavy atom. The summed E-state index contributed by atoms with van der Waals surface area (Å²) in [5.41, 5.74) is 6.14. The number of ether oxygens (including phenoxy) is 5. The number of phenols is 5. The summed E-state index contributed by atoms with van der Waals surface area (Å²) in [6, 6.07) is 29.8. The molecule has 1 aliphatic carbocycles. The first kappa shape index (κ1) is 38.3. The molecule has 0 unspecified atom stereocenters. The highest BCUT2D eigenvalue weighted by molar-refractivity contribution is 5.70. The van der Waals surface area contributed by atoms with Crippen LogP contribution in [-0.2, 0) is 4.74 Å². The number of aliphatic hydroxyl groups excluding tert-OH is 4. The van der Waals surface area contributed by atoms with Gasteiger partial charge >= 0.3 is 0 Å². The van der Waals surface area contributed by atoms with Gasteiger partial charge in [-0.3, -0.25) is 0 Å². The molecule has 0 saturated carbocycles. The SMILES string of the molecule is OC[C@@H]1O[C@H](Oc2cc3c4c(c2)[C@H]2c5c(cc(O)cc5[C@H]5c6c(cc(O)cc6[C@H]4[C@H](c4ccc(O)cc4)O3)O[C@@H]5c3ccc(O)cc3)O[C@@H]2c2ccc(O)cc2)[C@@H](O)[C@H](O)[C@H]1O. The molecule has 1 saturated heterocycles. The van der Waals surface area contributed by atoms with Crippen molar-refractivity contribution in [3.8, 4) is 51.7 Å². The average Bonchev–Trinajstić information content (AvgIpc) is 3.96. The number of phenolic OH excluding ortho intramolecular Hbond substituents is 5. The number of aliphatic hydroxyl groups is 4. The summed E-state index contributed by atoms with van der Waals surface area (Å²) in [6.07, 6.45) is -10.1. The molecular weight excluding hydrogens is 801 g/mol. The van der Waals surface area contributed by atoms with E-state index in [1.54, 1.807) is 109 Å². The van der Waals surface area contributed by atoms with Gasteiger partial charge in [-0.05, 0) is 88.0 Å². The third-order valence-corrected chi connectivity index (χ3v) is 12.8. The molecule has 0 amide bonds. The highest BCUT2D eigenvalue weighted by Crippen LogP contribution is 2.66. The maximum Gasteiger partial charge on any atom is 0.229 e. The number of hydrogen-bond donors (Lipinski definition) is 9. The second-order valence-electron chi connectivity index (χ2n) is 16.5. The van der Waals surface area contributed by atoms with E-state index in [-0.39, 0.29) is 34.5 Å². The molecule has 6 aromatic rings. The minimum Gasteiger partial charge on any atom is -0.508 e. The minimum absolute atomic E-state index is 0.0423. The van der Waals surface area contributed by atoms with Gasteiger partial charge < -0.3 is 69.6 Å². The van der Waals surface area contributed by atoms with Gasteiger partial charge in [0.2, 0.25) is 6.29 Å². The zero-order chi connectivity index (χ0) is 42.7. The lowest BCUT2D eigenvalue weighted by Gasteiger charge is -2.39.